The Bertz CT molecular complexity index is 805. The van der Waals surface area contributed by atoms with Crippen molar-refractivity contribution in [3.8, 4) is 0 Å². The number of ketones is 1. The van der Waals surface area contributed by atoms with E-state index in [4.69, 9.17) is 0 Å². The van der Waals surface area contributed by atoms with Crippen LogP contribution in [0, 0.1) is 0 Å². The lowest BCUT2D eigenvalue weighted by molar-refractivity contribution is 0.0974. The van der Waals surface area contributed by atoms with E-state index in [1.54, 1.807) is 0 Å². The first-order chi connectivity index (χ1) is 10.2. The number of benzene rings is 3. The molecule has 3 rings (SSSR count). The highest BCUT2D eigenvalue weighted by Gasteiger charge is 2.12. The van der Waals surface area contributed by atoms with Gasteiger partial charge in [-0.3, -0.25) is 4.79 Å². The first-order valence-corrected chi connectivity index (χ1v) is 7.25. The van der Waals surface area contributed by atoms with Crippen LogP contribution in [-0.4, -0.2) is 31.3 Å². The highest BCUT2D eigenvalue weighted by atomic mass is 16.1. The van der Waals surface area contributed by atoms with Crippen LogP contribution in [-0.2, 0) is 0 Å². The van der Waals surface area contributed by atoms with E-state index in [1.165, 1.54) is 5.39 Å². The van der Waals surface area contributed by atoms with E-state index < -0.39 is 0 Å². The summed E-state index contributed by atoms with van der Waals surface area (Å²) in [4.78, 5) is 14.6. The molecule has 2 nitrogen and oxygen atoms in total. The Kier molecular flexibility index (Phi) is 3.72. The summed E-state index contributed by atoms with van der Waals surface area (Å²) in [5.74, 6) is 0.214. The molecule has 2 heteroatoms. The molecule has 0 fully saturated rings. The van der Waals surface area contributed by atoms with Crippen LogP contribution in [0.3, 0.4) is 0 Å². The van der Waals surface area contributed by atoms with Crippen molar-refractivity contribution in [1.82, 2.24) is 4.90 Å². The van der Waals surface area contributed by atoms with Crippen LogP contribution < -0.4 is 0 Å². The summed E-state index contributed by atoms with van der Waals surface area (Å²) in [5.41, 5.74) is 0.839. The first-order valence-electron chi connectivity index (χ1n) is 7.25. The molecule has 0 heterocycles. The molecule has 0 aliphatic carbocycles. The second kappa shape index (κ2) is 5.66. The highest BCUT2D eigenvalue weighted by Crippen LogP contribution is 2.29. The van der Waals surface area contributed by atoms with Crippen LogP contribution in [0.15, 0.2) is 54.6 Å². The molecule has 0 saturated carbocycles. The van der Waals surface area contributed by atoms with Gasteiger partial charge in [-0.05, 0) is 41.7 Å². The van der Waals surface area contributed by atoms with E-state index >= 15 is 0 Å². The van der Waals surface area contributed by atoms with E-state index in [2.05, 4.69) is 18.2 Å². The molecule has 0 bridgehead atoms. The van der Waals surface area contributed by atoms with Crippen molar-refractivity contribution in [3.63, 3.8) is 0 Å². The Labute approximate surface area is 125 Å². The van der Waals surface area contributed by atoms with Gasteiger partial charge in [0.05, 0.1) is 0 Å². The summed E-state index contributed by atoms with van der Waals surface area (Å²) in [7, 11) is 3.98. The number of hydrogen-bond acceptors (Lipinski definition) is 2. The number of nitrogens with zero attached hydrogens (tertiary/aromatic N) is 1. The van der Waals surface area contributed by atoms with Crippen molar-refractivity contribution in [3.05, 3.63) is 60.2 Å². The van der Waals surface area contributed by atoms with Crippen molar-refractivity contribution in [2.45, 2.75) is 6.42 Å². The van der Waals surface area contributed by atoms with E-state index in [9.17, 15) is 4.79 Å². The van der Waals surface area contributed by atoms with Crippen molar-refractivity contribution in [2.24, 2.45) is 0 Å². The Morgan fingerprint density at radius 3 is 2.24 bits per heavy atom. The largest absolute Gasteiger partial charge is 0.309 e. The molecule has 0 amide bonds. The maximum absolute atomic E-state index is 12.6. The molecule has 3 aromatic rings. The van der Waals surface area contributed by atoms with Gasteiger partial charge in [0.25, 0.3) is 0 Å². The van der Waals surface area contributed by atoms with Gasteiger partial charge in [-0.25, -0.2) is 0 Å². The van der Waals surface area contributed by atoms with Gasteiger partial charge in [0, 0.05) is 18.5 Å². The Morgan fingerprint density at radius 2 is 1.52 bits per heavy atom. The van der Waals surface area contributed by atoms with E-state index in [-0.39, 0.29) is 5.78 Å². The molecule has 0 N–H and O–H groups in total. The second-order valence-corrected chi connectivity index (χ2v) is 5.67. The van der Waals surface area contributed by atoms with Gasteiger partial charge in [0.15, 0.2) is 5.78 Å². The summed E-state index contributed by atoms with van der Waals surface area (Å²) >= 11 is 0. The molecule has 21 heavy (non-hydrogen) atoms. The molecule has 0 saturated heterocycles. The maximum Gasteiger partial charge on any atom is 0.164 e. The quantitative estimate of drug-likeness (QED) is 0.528. The predicted octanol–water partition coefficient (Wildman–Crippen LogP) is 4.13. The SMILES string of the molecule is CN(C)CCC(=O)c1cc2ccccc2c2ccccc12. The molecular weight excluding hydrogens is 258 g/mol. The van der Waals surface area contributed by atoms with Gasteiger partial charge >= 0.3 is 0 Å². The number of Topliss-reactive ketones (excluding diaryl/α,β-unsaturated/α-hetero) is 1. The summed E-state index contributed by atoms with van der Waals surface area (Å²) in [6, 6.07) is 18.5. The molecule has 0 aromatic heterocycles. The molecule has 0 aliphatic heterocycles. The minimum atomic E-state index is 0.214. The van der Waals surface area contributed by atoms with Gasteiger partial charge in [-0.15, -0.1) is 0 Å². The van der Waals surface area contributed by atoms with Gasteiger partial charge in [0.1, 0.15) is 0 Å². The summed E-state index contributed by atoms with van der Waals surface area (Å²) in [6.07, 6.45) is 0.551. The molecule has 0 atom stereocenters. The average molecular weight is 277 g/mol. The van der Waals surface area contributed by atoms with Gasteiger partial charge < -0.3 is 4.90 Å². The molecule has 3 aromatic carbocycles. The Morgan fingerprint density at radius 1 is 0.905 bits per heavy atom. The Hall–Kier alpha value is -2.19. The maximum atomic E-state index is 12.6. The van der Waals surface area contributed by atoms with Crippen molar-refractivity contribution < 1.29 is 4.79 Å². The van der Waals surface area contributed by atoms with Crippen LogP contribution >= 0.6 is 0 Å². The number of carbonyl (C=O) groups excluding carboxylic acids is 1. The number of fused-ring (bicyclic) bond motifs is 3. The molecule has 0 unspecified atom stereocenters. The zero-order valence-corrected chi connectivity index (χ0v) is 12.5. The second-order valence-electron chi connectivity index (χ2n) is 5.67. The van der Waals surface area contributed by atoms with Crippen LogP contribution in [0.2, 0.25) is 0 Å². The number of hydrogen-bond donors (Lipinski definition) is 0. The van der Waals surface area contributed by atoms with Crippen molar-refractivity contribution in [1.29, 1.82) is 0 Å². The van der Waals surface area contributed by atoms with E-state index in [0.29, 0.717) is 6.42 Å². The fraction of sp³-hybridized carbons (Fsp3) is 0.211. The van der Waals surface area contributed by atoms with Crippen LogP contribution in [0.25, 0.3) is 21.5 Å². The average Bonchev–Trinajstić information content (AvgIpc) is 2.51. The summed E-state index contributed by atoms with van der Waals surface area (Å²) < 4.78 is 0. The monoisotopic (exact) mass is 277 g/mol. The van der Waals surface area contributed by atoms with E-state index in [0.717, 1.165) is 28.3 Å². The lowest BCUT2D eigenvalue weighted by Gasteiger charge is -2.12. The zero-order chi connectivity index (χ0) is 14.8. The molecule has 0 radical (unpaired) electrons. The standard InChI is InChI=1S/C19H19NO/c1-20(2)12-11-19(21)18-13-14-7-3-4-8-15(14)16-9-5-6-10-17(16)18/h3-10,13H,11-12H2,1-2H3. The number of rotatable bonds is 4. The number of carbonyl (C=O) groups is 1. The van der Waals surface area contributed by atoms with Gasteiger partial charge in [0.2, 0.25) is 0 Å². The summed E-state index contributed by atoms with van der Waals surface area (Å²) in [5, 5.41) is 4.55. The van der Waals surface area contributed by atoms with Crippen LogP contribution in [0.4, 0.5) is 0 Å². The van der Waals surface area contributed by atoms with Crippen molar-refractivity contribution in [2.75, 3.05) is 20.6 Å². The fourth-order valence-corrected chi connectivity index (χ4v) is 2.74. The van der Waals surface area contributed by atoms with Gasteiger partial charge in [-0.1, -0.05) is 48.5 Å². The third kappa shape index (κ3) is 2.67. The fourth-order valence-electron chi connectivity index (χ4n) is 2.74. The predicted molar refractivity (Wildman–Crippen MR) is 89.0 cm³/mol. The van der Waals surface area contributed by atoms with Gasteiger partial charge in [-0.2, -0.15) is 0 Å². The molecule has 0 aliphatic rings. The lowest BCUT2D eigenvalue weighted by atomic mass is 9.94. The topological polar surface area (TPSA) is 20.3 Å². The van der Waals surface area contributed by atoms with Crippen LogP contribution in [0.5, 0.6) is 0 Å². The molecule has 0 spiro atoms. The lowest BCUT2D eigenvalue weighted by Crippen LogP contribution is -2.16. The van der Waals surface area contributed by atoms with Crippen molar-refractivity contribution >= 4 is 27.3 Å². The van der Waals surface area contributed by atoms with Crippen LogP contribution in [0.1, 0.15) is 16.8 Å². The highest BCUT2D eigenvalue weighted by molar-refractivity contribution is 6.17. The first kappa shape index (κ1) is 13.8. The minimum absolute atomic E-state index is 0.214. The normalized spacial score (nSPS) is 11.4. The smallest absolute Gasteiger partial charge is 0.164 e. The zero-order valence-electron chi connectivity index (χ0n) is 12.5. The third-order valence-corrected chi connectivity index (χ3v) is 3.85. The molecular formula is C19H19NO. The Balaban J connectivity index is 2.18. The van der Waals surface area contributed by atoms with E-state index in [1.807, 2.05) is 55.4 Å². The third-order valence-electron chi connectivity index (χ3n) is 3.85. The minimum Gasteiger partial charge on any atom is -0.309 e. The summed E-state index contributed by atoms with van der Waals surface area (Å²) in [6.45, 7) is 0.778. The molecule has 106 valence electrons.